The molecule has 3 aliphatic rings. The average molecular weight is 390 g/mol. The molecule has 2 fully saturated rings. The molecule has 1 aromatic rings. The Morgan fingerprint density at radius 3 is 2.92 bits per heavy atom. The number of nitrogens with zero attached hydrogens (tertiary/aromatic N) is 3. The number of hydrogen-bond donors (Lipinski definition) is 0. The molecular formula is C19H23N3O2S2. The Kier molecular flexibility index (Phi) is 4.92. The van der Waals surface area contributed by atoms with Gasteiger partial charge in [-0.25, -0.2) is 0 Å². The summed E-state index contributed by atoms with van der Waals surface area (Å²) in [5, 5.41) is 0. The summed E-state index contributed by atoms with van der Waals surface area (Å²) in [4.78, 5) is 29.5. The zero-order chi connectivity index (χ0) is 18.3. The van der Waals surface area contributed by atoms with E-state index in [0.29, 0.717) is 22.7 Å². The van der Waals surface area contributed by atoms with E-state index in [1.807, 2.05) is 16.8 Å². The van der Waals surface area contributed by atoms with Crippen LogP contribution in [0.15, 0.2) is 34.1 Å². The highest BCUT2D eigenvalue weighted by Crippen LogP contribution is 2.37. The van der Waals surface area contributed by atoms with Crippen LogP contribution in [0.2, 0.25) is 0 Å². The third-order valence-electron chi connectivity index (χ3n) is 5.42. The number of amides is 1. The number of rotatable bonds is 4. The normalized spacial score (nSPS) is 26.6. The fourth-order valence-electron chi connectivity index (χ4n) is 4.20. The van der Waals surface area contributed by atoms with Gasteiger partial charge in [-0.05, 0) is 24.8 Å². The molecule has 0 aromatic carbocycles. The second-order valence-electron chi connectivity index (χ2n) is 7.32. The Hall–Kier alpha value is -1.60. The van der Waals surface area contributed by atoms with Gasteiger partial charge in [-0.15, -0.1) is 0 Å². The van der Waals surface area contributed by atoms with Crippen molar-refractivity contribution >= 4 is 34.2 Å². The van der Waals surface area contributed by atoms with Gasteiger partial charge in [0.2, 0.25) is 0 Å². The number of aromatic nitrogens is 1. The summed E-state index contributed by atoms with van der Waals surface area (Å²) in [5.41, 5.74) is 1.23. The molecule has 0 unspecified atom stereocenters. The first-order valence-corrected chi connectivity index (χ1v) is 10.5. The van der Waals surface area contributed by atoms with Gasteiger partial charge in [0.15, 0.2) is 0 Å². The Balaban J connectivity index is 1.53. The Labute approximate surface area is 163 Å². The number of unbranched alkanes of at least 4 members (excludes halogenated alkanes) is 1. The summed E-state index contributed by atoms with van der Waals surface area (Å²) in [7, 11) is 0. The third-order valence-corrected chi connectivity index (χ3v) is 6.78. The molecule has 1 aromatic heterocycles. The van der Waals surface area contributed by atoms with Crippen molar-refractivity contribution in [2.45, 2.75) is 38.6 Å². The van der Waals surface area contributed by atoms with Crippen molar-refractivity contribution < 1.29 is 4.79 Å². The maximum Gasteiger partial charge on any atom is 0.267 e. The minimum Gasteiger partial charge on any atom is -0.375 e. The molecule has 7 heteroatoms. The van der Waals surface area contributed by atoms with E-state index in [1.54, 1.807) is 11.0 Å². The van der Waals surface area contributed by atoms with Crippen LogP contribution in [0.5, 0.6) is 0 Å². The van der Waals surface area contributed by atoms with Crippen molar-refractivity contribution in [2.75, 3.05) is 19.6 Å². The molecule has 0 saturated carbocycles. The molecule has 2 bridgehead atoms. The fourth-order valence-corrected chi connectivity index (χ4v) is 5.52. The summed E-state index contributed by atoms with van der Waals surface area (Å²) in [6.45, 7) is 5.33. The quantitative estimate of drug-likeness (QED) is 0.585. The predicted molar refractivity (Wildman–Crippen MR) is 108 cm³/mol. The summed E-state index contributed by atoms with van der Waals surface area (Å²) in [5.74, 6) is 0.835. The molecule has 5 nitrogen and oxygen atoms in total. The van der Waals surface area contributed by atoms with Gasteiger partial charge in [-0.1, -0.05) is 43.4 Å². The van der Waals surface area contributed by atoms with Crippen LogP contribution in [0.1, 0.15) is 37.8 Å². The van der Waals surface area contributed by atoms with E-state index in [-0.39, 0.29) is 11.5 Å². The molecular weight excluding hydrogens is 366 g/mol. The van der Waals surface area contributed by atoms with Crippen molar-refractivity contribution in [1.82, 2.24) is 14.4 Å². The molecule has 2 saturated heterocycles. The zero-order valence-electron chi connectivity index (χ0n) is 14.9. The van der Waals surface area contributed by atoms with E-state index in [9.17, 15) is 9.59 Å². The first-order chi connectivity index (χ1) is 12.6. The lowest BCUT2D eigenvalue weighted by Gasteiger charge is -2.42. The molecule has 0 aliphatic carbocycles. The van der Waals surface area contributed by atoms with Crippen molar-refractivity contribution in [3.63, 3.8) is 0 Å². The van der Waals surface area contributed by atoms with Gasteiger partial charge in [0, 0.05) is 50.1 Å². The largest absolute Gasteiger partial charge is 0.375 e. The van der Waals surface area contributed by atoms with E-state index < -0.39 is 0 Å². The molecule has 0 N–H and O–H groups in total. The second kappa shape index (κ2) is 7.19. The number of likely N-dealkylation sites (tertiary alicyclic amines) is 1. The monoisotopic (exact) mass is 389 g/mol. The van der Waals surface area contributed by atoms with Crippen molar-refractivity contribution in [3.05, 3.63) is 45.4 Å². The lowest BCUT2D eigenvalue weighted by Crippen LogP contribution is -2.45. The number of piperidine rings is 1. The summed E-state index contributed by atoms with van der Waals surface area (Å²) in [6.07, 6.45) is 5.13. The lowest BCUT2D eigenvalue weighted by atomic mass is 9.83. The molecule has 3 aliphatic heterocycles. The lowest BCUT2D eigenvalue weighted by molar-refractivity contribution is -0.122. The summed E-state index contributed by atoms with van der Waals surface area (Å²) in [6, 6.07) is 5.56. The van der Waals surface area contributed by atoms with Crippen molar-refractivity contribution in [3.8, 4) is 0 Å². The average Bonchev–Trinajstić information content (AvgIpc) is 2.87. The molecule has 26 heavy (non-hydrogen) atoms. The topological polar surface area (TPSA) is 45.6 Å². The molecule has 1 amide bonds. The van der Waals surface area contributed by atoms with Crippen LogP contribution in [0.4, 0.5) is 0 Å². The van der Waals surface area contributed by atoms with Gasteiger partial charge in [-0.3, -0.25) is 14.5 Å². The molecule has 4 rings (SSSR count). The Bertz CT molecular complexity index is 832. The highest BCUT2D eigenvalue weighted by atomic mass is 32.2. The minimum absolute atomic E-state index is 0.0424. The molecule has 0 radical (unpaired) electrons. The third kappa shape index (κ3) is 3.22. The predicted octanol–water partition coefficient (Wildman–Crippen LogP) is 2.77. The first kappa shape index (κ1) is 17.8. The number of thiocarbonyl (C=S) groups is 1. The van der Waals surface area contributed by atoms with Crippen LogP contribution in [0, 0.1) is 5.92 Å². The molecule has 4 heterocycles. The SMILES string of the molecule is CCCCN1C(=O)C(=CN2C[C@@H]3C[C@@H](C2)c2cccc(=O)n2C3)SC1=S. The van der Waals surface area contributed by atoms with Gasteiger partial charge >= 0.3 is 0 Å². The van der Waals surface area contributed by atoms with Crippen molar-refractivity contribution in [2.24, 2.45) is 5.92 Å². The molecule has 138 valence electrons. The Morgan fingerprint density at radius 1 is 1.27 bits per heavy atom. The molecule has 2 atom stereocenters. The summed E-state index contributed by atoms with van der Waals surface area (Å²) >= 11 is 6.81. The highest BCUT2D eigenvalue weighted by molar-refractivity contribution is 8.26. The number of pyridine rings is 1. The zero-order valence-corrected chi connectivity index (χ0v) is 16.5. The van der Waals surface area contributed by atoms with Gasteiger partial charge in [0.05, 0.1) is 4.91 Å². The first-order valence-electron chi connectivity index (χ1n) is 9.26. The van der Waals surface area contributed by atoms with E-state index in [1.165, 1.54) is 11.8 Å². The smallest absolute Gasteiger partial charge is 0.267 e. The van der Waals surface area contributed by atoms with Gasteiger partial charge < -0.3 is 9.47 Å². The number of fused-ring (bicyclic) bond motifs is 4. The second-order valence-corrected chi connectivity index (χ2v) is 9.00. The van der Waals surface area contributed by atoms with Crippen LogP contribution in [-0.2, 0) is 11.3 Å². The van der Waals surface area contributed by atoms with Crippen LogP contribution in [0.3, 0.4) is 0 Å². The van der Waals surface area contributed by atoms with E-state index >= 15 is 0 Å². The van der Waals surface area contributed by atoms with Crippen molar-refractivity contribution in [1.29, 1.82) is 0 Å². The number of carbonyl (C=O) groups is 1. The van der Waals surface area contributed by atoms with Crippen LogP contribution in [0.25, 0.3) is 0 Å². The van der Waals surface area contributed by atoms with Gasteiger partial charge in [0.25, 0.3) is 11.5 Å². The van der Waals surface area contributed by atoms with Crippen LogP contribution >= 0.6 is 24.0 Å². The van der Waals surface area contributed by atoms with E-state index in [2.05, 4.69) is 17.9 Å². The summed E-state index contributed by atoms with van der Waals surface area (Å²) < 4.78 is 2.60. The van der Waals surface area contributed by atoms with Crippen LogP contribution in [-0.4, -0.2) is 44.2 Å². The highest BCUT2D eigenvalue weighted by Gasteiger charge is 2.36. The Morgan fingerprint density at radius 2 is 2.12 bits per heavy atom. The minimum atomic E-state index is 0.0424. The van der Waals surface area contributed by atoms with Gasteiger partial charge in [-0.2, -0.15) is 0 Å². The standard InChI is InChI=1S/C19H23N3O2S2/c1-2-3-7-21-18(24)16(26-19(21)25)12-20-9-13-8-14(11-20)15-5-4-6-17(23)22(15)10-13/h4-6,12-14H,2-3,7-11H2,1H3/t13-,14-/m0/s1. The number of thioether (sulfide) groups is 1. The van der Waals surface area contributed by atoms with E-state index in [0.717, 1.165) is 49.5 Å². The fraction of sp³-hybridized carbons (Fsp3) is 0.526. The maximum absolute atomic E-state index is 12.7. The maximum atomic E-state index is 12.7. The van der Waals surface area contributed by atoms with Crippen LogP contribution < -0.4 is 5.56 Å². The number of hydrogen-bond acceptors (Lipinski definition) is 5. The number of carbonyl (C=O) groups excluding carboxylic acids is 1. The van der Waals surface area contributed by atoms with E-state index in [4.69, 9.17) is 12.2 Å². The van der Waals surface area contributed by atoms with Gasteiger partial charge in [0.1, 0.15) is 4.32 Å². The molecule has 0 spiro atoms.